The number of rotatable bonds is 19. The summed E-state index contributed by atoms with van der Waals surface area (Å²) in [6, 6.07) is 24.6. The quantitative estimate of drug-likeness (QED) is 0.0400. The van der Waals surface area contributed by atoms with Crippen LogP contribution in [-0.4, -0.2) is 117 Å². The highest BCUT2D eigenvalue weighted by molar-refractivity contribution is 7.80. The van der Waals surface area contributed by atoms with Gasteiger partial charge in [-0.25, -0.2) is 19.7 Å². The lowest BCUT2D eigenvalue weighted by molar-refractivity contribution is 0.0914. The number of hydrogen-bond donors (Lipinski definition) is 4. The van der Waals surface area contributed by atoms with Crippen molar-refractivity contribution in [1.82, 2.24) is 50.7 Å². The van der Waals surface area contributed by atoms with Crippen LogP contribution in [0.1, 0.15) is 64.2 Å². The van der Waals surface area contributed by atoms with E-state index in [9.17, 15) is 19.2 Å². The zero-order chi connectivity index (χ0) is 47.2. The number of hydrogen-bond acceptors (Lipinski definition) is 13. The summed E-state index contributed by atoms with van der Waals surface area (Å²) >= 11 is 6.07. The van der Waals surface area contributed by atoms with Crippen LogP contribution in [0.5, 0.6) is 0 Å². The molecule has 5 heterocycles. The van der Waals surface area contributed by atoms with E-state index >= 15 is 0 Å². The Morgan fingerprint density at radius 1 is 0.750 bits per heavy atom. The van der Waals surface area contributed by atoms with E-state index in [2.05, 4.69) is 72.5 Å². The van der Waals surface area contributed by atoms with Gasteiger partial charge in [0, 0.05) is 135 Å². The molecule has 4 amide bonds. The molecule has 68 heavy (non-hydrogen) atoms. The first-order valence-electron chi connectivity index (χ1n) is 22.5. The van der Waals surface area contributed by atoms with E-state index in [4.69, 9.17) is 9.72 Å². The number of ketones is 1. The monoisotopic (exact) mass is 948 g/mol. The molecule has 1 aliphatic rings. The average Bonchev–Trinajstić information content (AvgIpc) is 3.89. The van der Waals surface area contributed by atoms with Crippen LogP contribution in [-0.2, 0) is 30.5 Å². The minimum atomic E-state index is -0.305. The number of urea groups is 1. The third-order valence-electron chi connectivity index (χ3n) is 11.6. The highest BCUT2D eigenvalue weighted by Crippen LogP contribution is 2.24. The van der Waals surface area contributed by atoms with Crippen LogP contribution < -0.4 is 16.0 Å². The molecular weight excluding hydrogens is 897 g/mol. The van der Waals surface area contributed by atoms with E-state index in [1.54, 1.807) is 59.2 Å². The van der Waals surface area contributed by atoms with Gasteiger partial charge < -0.3 is 25.6 Å². The van der Waals surface area contributed by atoms with Crippen LogP contribution in [0.4, 0.5) is 4.79 Å². The molecule has 0 aliphatic carbocycles. The van der Waals surface area contributed by atoms with Gasteiger partial charge in [0.2, 0.25) is 0 Å². The van der Waals surface area contributed by atoms with E-state index < -0.39 is 0 Å². The summed E-state index contributed by atoms with van der Waals surface area (Å²) in [5.74, 6) is 0.203. The van der Waals surface area contributed by atoms with Gasteiger partial charge in [-0.3, -0.25) is 29.3 Å². The Bertz CT molecular complexity index is 2860. The van der Waals surface area contributed by atoms with E-state index in [1.807, 2.05) is 53.9 Å². The van der Waals surface area contributed by atoms with Crippen LogP contribution in [0.25, 0.3) is 22.2 Å². The maximum absolute atomic E-state index is 13.4. The van der Waals surface area contributed by atoms with Gasteiger partial charge in [0.15, 0.2) is 5.78 Å². The number of benzene rings is 3. The minimum Gasteiger partial charge on any atom is -0.378 e. The molecule has 8 rings (SSSR count). The lowest BCUT2D eigenvalue weighted by Gasteiger charge is -2.34. The van der Waals surface area contributed by atoms with Crippen molar-refractivity contribution < 1.29 is 23.9 Å². The van der Waals surface area contributed by atoms with Gasteiger partial charge in [-0.1, -0.05) is 42.5 Å². The Morgan fingerprint density at radius 2 is 1.51 bits per heavy atom. The van der Waals surface area contributed by atoms with E-state index in [-0.39, 0.29) is 36.8 Å². The van der Waals surface area contributed by atoms with E-state index in [0.717, 1.165) is 58.2 Å². The first-order chi connectivity index (χ1) is 33.1. The number of ether oxygens (including phenoxy) is 1. The summed E-state index contributed by atoms with van der Waals surface area (Å²) in [5, 5.41) is 12.1. The molecule has 1 fully saturated rings. The van der Waals surface area contributed by atoms with Gasteiger partial charge in [-0.15, -0.1) is 24.0 Å². The Morgan fingerprint density at radius 3 is 2.29 bits per heavy atom. The fourth-order valence-electron chi connectivity index (χ4n) is 7.84. The molecule has 0 bridgehead atoms. The number of aromatic nitrogens is 5. The van der Waals surface area contributed by atoms with Gasteiger partial charge in [-0.2, -0.15) is 0 Å². The molecular formula is C51H52N10O5S2. The zero-order valence-corrected chi connectivity index (χ0v) is 39.4. The van der Waals surface area contributed by atoms with Gasteiger partial charge in [0.1, 0.15) is 5.82 Å². The molecule has 0 spiro atoms. The van der Waals surface area contributed by atoms with Crippen molar-refractivity contribution in [2.45, 2.75) is 37.6 Å². The fourth-order valence-corrected chi connectivity index (χ4v) is 8.78. The standard InChI is InChI=1S/C51H52N10O5S2/c1-34-4-5-36(25-39(34)30-46-53-13-10-43(59-46)38-3-2-12-52-31-38)26-44(62)37-8-6-35(7-9-37)33-60-18-20-61(21-19-60)51(65)57-16-23-66-22-15-56-49(63)41-27-40-28-42(32-58-48(40)45(67)29-41)50(64)55-14-11-47-54-17-24-68-47/h2-10,12-13,17,24-25,27-29,31-32,67H,11,14-16,18-23,26,30,33H2,1H3,(H,55,64)(H,56,63)(H,57,65). The van der Waals surface area contributed by atoms with Gasteiger partial charge in [0.05, 0.1) is 35.0 Å². The van der Waals surface area contributed by atoms with Crippen molar-refractivity contribution in [2.75, 3.05) is 59.0 Å². The maximum Gasteiger partial charge on any atom is 0.317 e. The molecule has 17 heteroatoms. The van der Waals surface area contributed by atoms with Crippen LogP contribution in [0, 0.1) is 6.92 Å². The molecule has 0 saturated carbocycles. The van der Waals surface area contributed by atoms with Crippen molar-refractivity contribution in [3.63, 3.8) is 0 Å². The number of nitrogens with one attached hydrogen (secondary N) is 3. The van der Waals surface area contributed by atoms with Crippen molar-refractivity contribution in [3.8, 4) is 11.3 Å². The zero-order valence-electron chi connectivity index (χ0n) is 37.7. The van der Waals surface area contributed by atoms with Gasteiger partial charge in [0.25, 0.3) is 11.8 Å². The van der Waals surface area contributed by atoms with Crippen molar-refractivity contribution in [3.05, 3.63) is 165 Å². The molecule has 348 valence electrons. The maximum atomic E-state index is 13.4. The summed E-state index contributed by atoms with van der Waals surface area (Å²) in [4.78, 5) is 78.7. The topological polar surface area (TPSA) is 185 Å². The second-order valence-corrected chi connectivity index (χ2v) is 17.9. The molecule has 0 radical (unpaired) electrons. The van der Waals surface area contributed by atoms with E-state index in [0.29, 0.717) is 90.4 Å². The number of pyridine rings is 2. The number of carbonyl (C=O) groups is 4. The van der Waals surface area contributed by atoms with Gasteiger partial charge in [-0.05, 0) is 65.6 Å². The minimum absolute atomic E-state index is 0.0549. The molecule has 4 aromatic heterocycles. The third kappa shape index (κ3) is 12.9. The van der Waals surface area contributed by atoms with Crippen molar-refractivity contribution in [2.24, 2.45) is 0 Å². The second kappa shape index (κ2) is 23.2. The Labute approximate surface area is 404 Å². The Hall–Kier alpha value is -6.92. The number of piperazine rings is 1. The summed E-state index contributed by atoms with van der Waals surface area (Å²) in [6.45, 7) is 7.04. The highest BCUT2D eigenvalue weighted by atomic mass is 32.1. The predicted octanol–water partition coefficient (Wildman–Crippen LogP) is 6.40. The number of Topliss-reactive ketones (excluding diaryl/α,β-unsaturated/α-hetero) is 1. The largest absolute Gasteiger partial charge is 0.378 e. The summed E-state index contributed by atoms with van der Waals surface area (Å²) in [5.41, 5.74) is 8.05. The fraction of sp³-hybridized carbons (Fsp3) is 0.275. The lowest BCUT2D eigenvalue weighted by atomic mass is 9.97. The second-order valence-electron chi connectivity index (χ2n) is 16.4. The number of thiol groups is 1. The number of amides is 4. The third-order valence-corrected chi connectivity index (χ3v) is 12.8. The Kier molecular flexibility index (Phi) is 16.2. The smallest absolute Gasteiger partial charge is 0.317 e. The van der Waals surface area contributed by atoms with Crippen LogP contribution >= 0.6 is 24.0 Å². The van der Waals surface area contributed by atoms with Crippen molar-refractivity contribution in [1.29, 1.82) is 0 Å². The van der Waals surface area contributed by atoms with Crippen LogP contribution in [0.2, 0.25) is 0 Å². The number of nitrogens with zero attached hydrogens (tertiary/aromatic N) is 7. The molecule has 0 unspecified atom stereocenters. The summed E-state index contributed by atoms with van der Waals surface area (Å²) < 4.78 is 5.67. The SMILES string of the molecule is Cc1ccc(CC(=O)c2ccc(CN3CCN(C(=O)NCCOCCNC(=O)c4cc(S)c5ncc(C(=O)NCCc6nccs6)cc5c4)CC3)cc2)cc1Cc1nccc(-c2cccnc2)n1. The lowest BCUT2D eigenvalue weighted by Crippen LogP contribution is -2.51. The number of thiazole rings is 1. The number of fused-ring (bicyclic) bond motifs is 1. The van der Waals surface area contributed by atoms with Crippen molar-refractivity contribution >= 4 is 58.5 Å². The predicted molar refractivity (Wildman–Crippen MR) is 264 cm³/mol. The first-order valence-corrected chi connectivity index (χ1v) is 23.8. The van der Waals surface area contributed by atoms with E-state index in [1.165, 1.54) is 6.20 Å². The van der Waals surface area contributed by atoms with Crippen LogP contribution in [0.3, 0.4) is 0 Å². The normalized spacial score (nSPS) is 12.8. The highest BCUT2D eigenvalue weighted by Gasteiger charge is 2.21. The number of carbonyl (C=O) groups excluding carboxylic acids is 4. The molecule has 3 N–H and O–H groups in total. The molecule has 1 aliphatic heterocycles. The molecule has 0 atom stereocenters. The van der Waals surface area contributed by atoms with Gasteiger partial charge >= 0.3 is 6.03 Å². The molecule has 1 saturated heterocycles. The molecule has 15 nitrogen and oxygen atoms in total. The number of aryl methyl sites for hydroxylation is 1. The molecule has 7 aromatic rings. The average molecular weight is 949 g/mol. The van der Waals surface area contributed by atoms with Crippen LogP contribution in [0.15, 0.2) is 120 Å². The summed E-state index contributed by atoms with van der Waals surface area (Å²) in [7, 11) is 0. The molecule has 3 aromatic carbocycles. The summed E-state index contributed by atoms with van der Waals surface area (Å²) in [6.07, 6.45) is 10.0. The first kappa shape index (κ1) is 47.6. The Balaban J connectivity index is 0.707.